The summed E-state index contributed by atoms with van der Waals surface area (Å²) in [6, 6.07) is 9.62. The zero-order valence-corrected chi connectivity index (χ0v) is 17.1. The average molecular weight is 406 g/mol. The third-order valence-corrected chi connectivity index (χ3v) is 5.70. The number of carbonyl (C=O) groups excluding carboxylic acids is 1. The van der Waals surface area contributed by atoms with E-state index in [4.69, 9.17) is 5.26 Å². The molecule has 2 fully saturated rings. The summed E-state index contributed by atoms with van der Waals surface area (Å²) in [5.74, 6) is 1.79. The number of hydrogen-bond donors (Lipinski definition) is 1. The van der Waals surface area contributed by atoms with E-state index in [1.165, 1.54) is 19.3 Å². The Hall–Kier alpha value is -3.34. The van der Waals surface area contributed by atoms with Crippen LogP contribution < -0.4 is 15.1 Å². The lowest BCUT2D eigenvalue weighted by Crippen LogP contribution is -2.51. The van der Waals surface area contributed by atoms with Crippen molar-refractivity contribution in [3.05, 3.63) is 47.8 Å². The van der Waals surface area contributed by atoms with Gasteiger partial charge in [0.2, 0.25) is 0 Å². The van der Waals surface area contributed by atoms with E-state index in [1.54, 1.807) is 18.3 Å². The number of rotatable bonds is 4. The van der Waals surface area contributed by atoms with Gasteiger partial charge < -0.3 is 20.0 Å². The highest BCUT2D eigenvalue weighted by Gasteiger charge is 2.22. The molecule has 8 nitrogen and oxygen atoms in total. The van der Waals surface area contributed by atoms with Crippen LogP contribution in [0.25, 0.3) is 0 Å². The van der Waals surface area contributed by atoms with Gasteiger partial charge in [-0.2, -0.15) is 5.26 Å². The van der Waals surface area contributed by atoms with Gasteiger partial charge in [0.1, 0.15) is 11.6 Å². The second-order valence-corrected chi connectivity index (χ2v) is 7.72. The van der Waals surface area contributed by atoms with Gasteiger partial charge in [0, 0.05) is 58.2 Å². The fourth-order valence-corrected chi connectivity index (χ4v) is 3.96. The van der Waals surface area contributed by atoms with Crippen molar-refractivity contribution in [2.45, 2.75) is 25.8 Å². The molecule has 0 unspecified atom stereocenters. The fourth-order valence-electron chi connectivity index (χ4n) is 3.96. The second-order valence-electron chi connectivity index (χ2n) is 7.72. The maximum Gasteiger partial charge on any atom is 0.317 e. The second kappa shape index (κ2) is 9.44. The lowest BCUT2D eigenvalue weighted by atomic mass is 10.1. The van der Waals surface area contributed by atoms with Gasteiger partial charge in [0.15, 0.2) is 0 Å². The van der Waals surface area contributed by atoms with E-state index in [1.807, 2.05) is 17.2 Å². The van der Waals surface area contributed by atoms with Crippen molar-refractivity contribution in [3.8, 4) is 6.07 Å². The Balaban J connectivity index is 1.27. The first-order valence-electron chi connectivity index (χ1n) is 10.6. The minimum atomic E-state index is -0.0512. The molecule has 156 valence electrons. The number of anilines is 2. The van der Waals surface area contributed by atoms with E-state index in [-0.39, 0.29) is 6.03 Å². The van der Waals surface area contributed by atoms with Crippen molar-refractivity contribution >= 4 is 17.7 Å². The molecular weight excluding hydrogens is 378 g/mol. The number of piperidine rings is 1. The van der Waals surface area contributed by atoms with Crippen LogP contribution >= 0.6 is 0 Å². The van der Waals surface area contributed by atoms with Gasteiger partial charge in [-0.15, -0.1) is 0 Å². The van der Waals surface area contributed by atoms with Crippen LogP contribution in [0.1, 0.15) is 30.4 Å². The molecule has 0 bridgehead atoms. The summed E-state index contributed by atoms with van der Waals surface area (Å²) in [5, 5.41) is 12.1. The number of nitrogens with one attached hydrogen (secondary N) is 1. The molecule has 1 N–H and O–H groups in total. The van der Waals surface area contributed by atoms with Crippen molar-refractivity contribution in [2.24, 2.45) is 0 Å². The number of amides is 2. The molecule has 2 aromatic heterocycles. The number of urea groups is 1. The van der Waals surface area contributed by atoms with Crippen LogP contribution in [0.5, 0.6) is 0 Å². The highest BCUT2D eigenvalue weighted by Crippen LogP contribution is 2.19. The molecule has 2 aliphatic heterocycles. The van der Waals surface area contributed by atoms with Crippen molar-refractivity contribution in [2.75, 3.05) is 49.1 Å². The normalized spacial score (nSPS) is 16.8. The minimum absolute atomic E-state index is 0.0512. The van der Waals surface area contributed by atoms with Crippen molar-refractivity contribution in [1.82, 2.24) is 20.2 Å². The average Bonchev–Trinajstić information content (AvgIpc) is 2.83. The topological polar surface area (TPSA) is 88.4 Å². The monoisotopic (exact) mass is 405 g/mol. The summed E-state index contributed by atoms with van der Waals surface area (Å²) in [6.07, 6.45) is 7.20. The highest BCUT2D eigenvalue weighted by molar-refractivity contribution is 5.74. The number of aromatic nitrogens is 2. The summed E-state index contributed by atoms with van der Waals surface area (Å²) >= 11 is 0. The highest BCUT2D eigenvalue weighted by atomic mass is 16.2. The molecular formula is C22H27N7O. The minimum Gasteiger partial charge on any atom is -0.357 e. The van der Waals surface area contributed by atoms with Crippen LogP contribution in [0.2, 0.25) is 0 Å². The number of pyridine rings is 2. The van der Waals surface area contributed by atoms with E-state index >= 15 is 0 Å². The SMILES string of the molecule is N#Cc1ccnc(N2CCN(C(=O)NCc3ccnc(N4CCCCC4)c3)CC2)c1. The molecule has 2 amide bonds. The van der Waals surface area contributed by atoms with E-state index in [0.29, 0.717) is 38.3 Å². The maximum absolute atomic E-state index is 12.6. The third-order valence-electron chi connectivity index (χ3n) is 5.70. The van der Waals surface area contributed by atoms with Crippen LogP contribution in [-0.2, 0) is 6.54 Å². The van der Waals surface area contributed by atoms with E-state index in [0.717, 1.165) is 30.3 Å². The fraction of sp³-hybridized carbons (Fsp3) is 0.455. The van der Waals surface area contributed by atoms with Crippen molar-refractivity contribution in [3.63, 3.8) is 0 Å². The molecule has 0 radical (unpaired) electrons. The molecule has 0 saturated carbocycles. The first kappa shape index (κ1) is 20.0. The first-order chi connectivity index (χ1) is 14.7. The molecule has 2 saturated heterocycles. The summed E-state index contributed by atoms with van der Waals surface area (Å²) in [5.41, 5.74) is 1.66. The van der Waals surface area contributed by atoms with Gasteiger partial charge in [0.05, 0.1) is 11.6 Å². The van der Waals surface area contributed by atoms with Gasteiger partial charge >= 0.3 is 6.03 Å². The van der Waals surface area contributed by atoms with Crippen LogP contribution in [0.15, 0.2) is 36.7 Å². The molecule has 2 aromatic rings. The standard InChI is InChI=1S/C22H27N7O/c23-16-18-4-6-24-20(14-18)28-10-12-29(13-11-28)22(30)26-17-19-5-7-25-21(15-19)27-8-2-1-3-9-27/h4-7,14-15H,1-3,8-13,17H2,(H,26,30). The van der Waals surface area contributed by atoms with Gasteiger partial charge in [0.25, 0.3) is 0 Å². The van der Waals surface area contributed by atoms with E-state index < -0.39 is 0 Å². The predicted octanol–water partition coefficient (Wildman–Crippen LogP) is 2.37. The molecule has 2 aliphatic rings. The smallest absolute Gasteiger partial charge is 0.317 e. The zero-order chi connectivity index (χ0) is 20.8. The molecule has 0 aromatic carbocycles. The Kier molecular flexibility index (Phi) is 6.28. The van der Waals surface area contributed by atoms with Crippen LogP contribution in [0.3, 0.4) is 0 Å². The van der Waals surface area contributed by atoms with E-state index in [2.05, 4.69) is 37.2 Å². The largest absolute Gasteiger partial charge is 0.357 e. The Labute approximate surface area is 177 Å². The van der Waals surface area contributed by atoms with Crippen molar-refractivity contribution < 1.29 is 4.79 Å². The van der Waals surface area contributed by atoms with Crippen LogP contribution in [0, 0.1) is 11.3 Å². The van der Waals surface area contributed by atoms with Crippen molar-refractivity contribution in [1.29, 1.82) is 5.26 Å². The Morgan fingerprint density at radius 1 is 0.933 bits per heavy atom. The zero-order valence-electron chi connectivity index (χ0n) is 17.1. The lowest BCUT2D eigenvalue weighted by Gasteiger charge is -2.35. The number of piperazine rings is 1. The molecule has 8 heteroatoms. The predicted molar refractivity (Wildman–Crippen MR) is 115 cm³/mol. The van der Waals surface area contributed by atoms with Crippen LogP contribution in [0.4, 0.5) is 16.4 Å². The molecule has 0 aliphatic carbocycles. The quantitative estimate of drug-likeness (QED) is 0.840. The van der Waals surface area contributed by atoms with Gasteiger partial charge in [-0.05, 0) is 49.1 Å². The summed E-state index contributed by atoms with van der Waals surface area (Å²) < 4.78 is 0. The number of carbonyl (C=O) groups is 1. The molecule has 0 spiro atoms. The molecule has 30 heavy (non-hydrogen) atoms. The number of nitriles is 1. The Bertz CT molecular complexity index is 912. The van der Waals surface area contributed by atoms with E-state index in [9.17, 15) is 4.79 Å². The number of hydrogen-bond acceptors (Lipinski definition) is 6. The summed E-state index contributed by atoms with van der Waals surface area (Å²) in [6.45, 7) is 5.25. The first-order valence-corrected chi connectivity index (χ1v) is 10.6. The Morgan fingerprint density at radius 3 is 2.33 bits per heavy atom. The van der Waals surface area contributed by atoms with Gasteiger partial charge in [-0.3, -0.25) is 0 Å². The summed E-state index contributed by atoms with van der Waals surface area (Å²) in [7, 11) is 0. The summed E-state index contributed by atoms with van der Waals surface area (Å²) in [4.78, 5) is 27.7. The molecule has 4 heterocycles. The maximum atomic E-state index is 12.6. The Morgan fingerprint density at radius 2 is 1.60 bits per heavy atom. The third kappa shape index (κ3) is 4.79. The number of nitrogens with zero attached hydrogens (tertiary/aromatic N) is 6. The lowest BCUT2D eigenvalue weighted by molar-refractivity contribution is 0.194. The van der Waals surface area contributed by atoms with Gasteiger partial charge in [-0.1, -0.05) is 0 Å². The van der Waals surface area contributed by atoms with Crippen LogP contribution in [-0.4, -0.2) is 60.2 Å². The molecule has 4 rings (SSSR count). The van der Waals surface area contributed by atoms with Gasteiger partial charge in [-0.25, -0.2) is 14.8 Å². The molecule has 0 atom stereocenters.